The number of ether oxygens (including phenoxy) is 1. The number of carbonyl (C=O) groups excluding carboxylic acids is 1. The highest BCUT2D eigenvalue weighted by atomic mass is 16.5. The summed E-state index contributed by atoms with van der Waals surface area (Å²) in [6.07, 6.45) is 3.23. The number of aryl methyl sites for hydroxylation is 1. The molecular weight excluding hydrogens is 270 g/mol. The predicted octanol–water partition coefficient (Wildman–Crippen LogP) is 2.04. The summed E-state index contributed by atoms with van der Waals surface area (Å²) >= 11 is 0. The van der Waals surface area contributed by atoms with E-state index in [1.54, 1.807) is 22.7 Å². The van der Waals surface area contributed by atoms with E-state index in [4.69, 9.17) is 4.74 Å². The molecule has 2 heterocycles. The minimum atomic E-state index is -0.436. The van der Waals surface area contributed by atoms with Crippen molar-refractivity contribution in [2.45, 2.75) is 47.1 Å². The van der Waals surface area contributed by atoms with E-state index in [0.29, 0.717) is 18.5 Å². The van der Waals surface area contributed by atoms with Gasteiger partial charge in [0.05, 0.1) is 6.61 Å². The molecule has 0 radical (unpaired) electrons. The molecule has 0 amide bonds. The molecule has 2 rings (SSSR count). The molecule has 116 valence electrons. The van der Waals surface area contributed by atoms with Crippen LogP contribution in [0.4, 0.5) is 0 Å². The lowest BCUT2D eigenvalue weighted by atomic mass is 10.4. The minimum Gasteiger partial charge on any atom is -0.464 e. The zero-order valence-corrected chi connectivity index (χ0v) is 13.1. The van der Waals surface area contributed by atoms with E-state index in [1.807, 2.05) is 27.7 Å². The van der Waals surface area contributed by atoms with Crippen LogP contribution in [0.15, 0.2) is 23.1 Å². The van der Waals surface area contributed by atoms with E-state index in [0.717, 1.165) is 12.2 Å². The first-order valence-corrected chi connectivity index (χ1v) is 7.40. The molecule has 21 heavy (non-hydrogen) atoms. The second-order valence-corrected chi connectivity index (χ2v) is 4.22. The standard InChI is InChI=1S/C13H17N3O3.C2H6/c1-3-8-19-12(17)9-16-13(18)10-6-5-7-15(10)11(4-2)14-16;1-2/h5-7H,3-4,8-9H2,1-2H3;1-2H3. The summed E-state index contributed by atoms with van der Waals surface area (Å²) < 4.78 is 7.89. The average molecular weight is 293 g/mol. The van der Waals surface area contributed by atoms with Crippen molar-refractivity contribution in [1.82, 2.24) is 14.2 Å². The van der Waals surface area contributed by atoms with Gasteiger partial charge in [-0.2, -0.15) is 5.10 Å². The monoisotopic (exact) mass is 293 g/mol. The molecule has 0 saturated carbocycles. The van der Waals surface area contributed by atoms with Crippen molar-refractivity contribution in [3.05, 3.63) is 34.5 Å². The summed E-state index contributed by atoms with van der Waals surface area (Å²) in [5, 5.41) is 4.21. The van der Waals surface area contributed by atoms with Crippen LogP contribution in [-0.2, 0) is 22.5 Å². The van der Waals surface area contributed by atoms with Crippen LogP contribution < -0.4 is 5.56 Å². The van der Waals surface area contributed by atoms with Crippen molar-refractivity contribution < 1.29 is 9.53 Å². The van der Waals surface area contributed by atoms with E-state index >= 15 is 0 Å². The van der Waals surface area contributed by atoms with Crippen LogP contribution >= 0.6 is 0 Å². The molecule has 0 bridgehead atoms. The first-order chi connectivity index (χ1) is 10.2. The number of hydrogen-bond acceptors (Lipinski definition) is 4. The summed E-state index contributed by atoms with van der Waals surface area (Å²) in [5.41, 5.74) is 0.241. The molecule has 0 N–H and O–H groups in total. The van der Waals surface area contributed by atoms with Gasteiger partial charge in [0.2, 0.25) is 0 Å². The maximum Gasteiger partial charge on any atom is 0.327 e. The fourth-order valence-electron chi connectivity index (χ4n) is 1.88. The Kier molecular flexibility index (Phi) is 6.65. The van der Waals surface area contributed by atoms with Gasteiger partial charge in [-0.05, 0) is 18.6 Å². The number of nitrogens with zero attached hydrogens (tertiary/aromatic N) is 3. The molecular formula is C15H23N3O3. The normalized spacial score (nSPS) is 10.1. The Labute approximate surface area is 124 Å². The van der Waals surface area contributed by atoms with Gasteiger partial charge in [-0.1, -0.05) is 27.7 Å². The fraction of sp³-hybridized carbons (Fsp3) is 0.533. The topological polar surface area (TPSA) is 65.6 Å². The maximum absolute atomic E-state index is 12.1. The maximum atomic E-state index is 12.1. The first kappa shape index (κ1) is 16.9. The third kappa shape index (κ3) is 3.93. The highest BCUT2D eigenvalue weighted by Crippen LogP contribution is 2.02. The zero-order chi connectivity index (χ0) is 15.8. The molecule has 0 aromatic carbocycles. The lowest BCUT2D eigenvalue weighted by molar-refractivity contribution is -0.144. The SMILES string of the molecule is CC.CCCOC(=O)Cn1nc(CC)n2cccc2c1=O. The second kappa shape index (κ2) is 8.24. The van der Waals surface area contributed by atoms with Gasteiger partial charge in [-0.15, -0.1) is 0 Å². The predicted molar refractivity (Wildman–Crippen MR) is 81.4 cm³/mol. The highest BCUT2D eigenvalue weighted by molar-refractivity contribution is 5.69. The Hall–Kier alpha value is -2.11. The van der Waals surface area contributed by atoms with Crippen LogP contribution in [0.25, 0.3) is 5.52 Å². The summed E-state index contributed by atoms with van der Waals surface area (Å²) in [7, 11) is 0. The Morgan fingerprint density at radius 2 is 2.05 bits per heavy atom. The molecule has 0 aliphatic rings. The van der Waals surface area contributed by atoms with Crippen molar-refractivity contribution >= 4 is 11.5 Å². The van der Waals surface area contributed by atoms with Gasteiger partial charge in [0.15, 0.2) is 0 Å². The lowest BCUT2D eigenvalue weighted by Crippen LogP contribution is -2.30. The van der Waals surface area contributed by atoms with Gasteiger partial charge in [0.1, 0.15) is 17.9 Å². The smallest absolute Gasteiger partial charge is 0.327 e. The largest absolute Gasteiger partial charge is 0.464 e. The van der Waals surface area contributed by atoms with Gasteiger partial charge in [0.25, 0.3) is 5.56 Å². The average Bonchev–Trinajstić information content (AvgIpc) is 3.00. The minimum absolute atomic E-state index is 0.145. The van der Waals surface area contributed by atoms with Crippen molar-refractivity contribution in [2.75, 3.05) is 6.61 Å². The van der Waals surface area contributed by atoms with E-state index in [1.165, 1.54) is 4.68 Å². The van der Waals surface area contributed by atoms with Crippen LogP contribution in [0.5, 0.6) is 0 Å². The van der Waals surface area contributed by atoms with Gasteiger partial charge < -0.3 is 4.74 Å². The van der Waals surface area contributed by atoms with Crippen molar-refractivity contribution in [3.63, 3.8) is 0 Å². The number of fused-ring (bicyclic) bond motifs is 1. The molecule has 0 aliphatic heterocycles. The molecule has 0 spiro atoms. The van der Waals surface area contributed by atoms with Crippen molar-refractivity contribution in [2.24, 2.45) is 0 Å². The van der Waals surface area contributed by atoms with E-state index in [-0.39, 0.29) is 12.1 Å². The molecule has 0 unspecified atom stereocenters. The highest BCUT2D eigenvalue weighted by Gasteiger charge is 2.12. The zero-order valence-electron chi connectivity index (χ0n) is 13.1. The summed E-state index contributed by atoms with van der Waals surface area (Å²) in [6, 6.07) is 3.51. The molecule has 0 aliphatic carbocycles. The summed E-state index contributed by atoms with van der Waals surface area (Å²) in [4.78, 5) is 23.7. The van der Waals surface area contributed by atoms with E-state index in [9.17, 15) is 9.59 Å². The van der Waals surface area contributed by atoms with Crippen LogP contribution in [0.1, 0.15) is 39.9 Å². The number of esters is 1. The molecule has 0 fully saturated rings. The molecule has 6 nitrogen and oxygen atoms in total. The number of hydrogen-bond donors (Lipinski definition) is 0. The van der Waals surface area contributed by atoms with Crippen LogP contribution in [0.2, 0.25) is 0 Å². The molecule has 6 heteroatoms. The number of rotatable bonds is 5. The Morgan fingerprint density at radius 3 is 2.67 bits per heavy atom. The van der Waals surface area contributed by atoms with Gasteiger partial charge in [0, 0.05) is 12.6 Å². The van der Waals surface area contributed by atoms with Gasteiger partial charge >= 0.3 is 5.97 Å². The van der Waals surface area contributed by atoms with Crippen molar-refractivity contribution in [1.29, 1.82) is 0 Å². The quantitative estimate of drug-likeness (QED) is 0.791. The Morgan fingerprint density at radius 1 is 1.33 bits per heavy atom. The Balaban J connectivity index is 0.00000106. The van der Waals surface area contributed by atoms with Crippen LogP contribution in [-0.4, -0.2) is 26.8 Å². The van der Waals surface area contributed by atoms with E-state index in [2.05, 4.69) is 5.10 Å². The summed E-state index contributed by atoms with van der Waals surface area (Å²) in [6.45, 7) is 8.08. The lowest BCUT2D eigenvalue weighted by Gasteiger charge is -2.09. The van der Waals surface area contributed by atoms with Crippen LogP contribution in [0, 0.1) is 0 Å². The molecule has 0 atom stereocenters. The fourth-order valence-corrected chi connectivity index (χ4v) is 1.88. The van der Waals surface area contributed by atoms with Gasteiger partial charge in [-0.25, -0.2) is 4.68 Å². The van der Waals surface area contributed by atoms with Gasteiger partial charge in [-0.3, -0.25) is 14.0 Å². The van der Waals surface area contributed by atoms with Crippen LogP contribution in [0.3, 0.4) is 0 Å². The van der Waals surface area contributed by atoms with Crippen molar-refractivity contribution in [3.8, 4) is 0 Å². The third-order valence-electron chi connectivity index (χ3n) is 2.78. The molecule has 2 aromatic heterocycles. The molecule has 0 saturated heterocycles. The number of carbonyl (C=O) groups is 1. The first-order valence-electron chi connectivity index (χ1n) is 7.40. The summed E-state index contributed by atoms with van der Waals surface area (Å²) in [5.74, 6) is 0.303. The Bertz CT molecular complexity index is 643. The second-order valence-electron chi connectivity index (χ2n) is 4.22. The molecule has 2 aromatic rings. The number of aromatic nitrogens is 3. The third-order valence-corrected chi connectivity index (χ3v) is 2.78. The van der Waals surface area contributed by atoms with E-state index < -0.39 is 5.97 Å².